The number of aromatic nitrogens is 2. The van der Waals surface area contributed by atoms with Crippen LogP contribution in [0.5, 0.6) is 0 Å². The maximum atomic E-state index is 4.95. The fraction of sp³-hybridized carbons (Fsp3) is 0.0909. The van der Waals surface area contributed by atoms with Crippen LogP contribution in [0, 0.1) is 6.92 Å². The molecule has 0 N–H and O–H groups in total. The van der Waals surface area contributed by atoms with Gasteiger partial charge in [0.1, 0.15) is 5.69 Å². The normalized spacial score (nSPS) is 10.8. The predicted molar refractivity (Wildman–Crippen MR) is 105 cm³/mol. The van der Waals surface area contributed by atoms with Gasteiger partial charge < -0.3 is 0 Å². The van der Waals surface area contributed by atoms with Crippen LogP contribution in [0.1, 0.15) is 16.1 Å². The van der Waals surface area contributed by atoms with Crippen molar-refractivity contribution in [2.45, 2.75) is 13.3 Å². The molecule has 0 atom stereocenters. The van der Waals surface area contributed by atoms with Gasteiger partial charge in [-0.05, 0) is 35.7 Å². The Balaban J connectivity index is 1.83. The maximum Gasteiger partial charge on any atom is 0.108 e. The molecule has 25 heavy (non-hydrogen) atoms. The Kier molecular flexibility index (Phi) is 4.40. The average molecular weight is 342 g/mol. The third-order valence-corrected chi connectivity index (χ3v) is 5.26. The fourth-order valence-corrected chi connectivity index (χ4v) is 4.09. The molecule has 0 spiro atoms. The molecule has 4 aromatic rings. The number of rotatable bonds is 4. The maximum absolute atomic E-state index is 4.95. The molecule has 0 aliphatic rings. The highest BCUT2D eigenvalue weighted by molar-refractivity contribution is 7.15. The van der Waals surface area contributed by atoms with E-state index >= 15 is 0 Å². The summed E-state index contributed by atoms with van der Waals surface area (Å²) in [6.07, 6.45) is 2.67. The van der Waals surface area contributed by atoms with Crippen molar-refractivity contribution in [3.8, 4) is 21.8 Å². The van der Waals surface area contributed by atoms with Crippen LogP contribution in [0.4, 0.5) is 0 Å². The molecule has 2 aromatic carbocycles. The molecule has 0 amide bonds. The lowest BCUT2D eigenvalue weighted by atomic mass is 10.1. The van der Waals surface area contributed by atoms with E-state index in [9.17, 15) is 0 Å². The Morgan fingerprint density at radius 2 is 1.60 bits per heavy atom. The van der Waals surface area contributed by atoms with Gasteiger partial charge in [0.05, 0.1) is 15.6 Å². The standard InChI is InChI=1S/C22H18N2S/c1-16-9-5-6-12-18(16)22-21(19-13-7-8-14-23-19)24-20(25-22)15-17-10-3-2-4-11-17/h2-14H,15H2,1H3. The van der Waals surface area contributed by atoms with Crippen molar-refractivity contribution >= 4 is 11.3 Å². The van der Waals surface area contributed by atoms with Crippen molar-refractivity contribution in [2.75, 3.05) is 0 Å². The van der Waals surface area contributed by atoms with Crippen LogP contribution in [-0.2, 0) is 6.42 Å². The minimum absolute atomic E-state index is 0.844. The largest absolute Gasteiger partial charge is 0.255 e. The first-order valence-electron chi connectivity index (χ1n) is 8.32. The first-order valence-corrected chi connectivity index (χ1v) is 9.14. The van der Waals surface area contributed by atoms with Gasteiger partial charge in [0.25, 0.3) is 0 Å². The van der Waals surface area contributed by atoms with Crippen molar-refractivity contribution in [2.24, 2.45) is 0 Å². The van der Waals surface area contributed by atoms with Crippen LogP contribution in [0.15, 0.2) is 79.0 Å². The summed E-state index contributed by atoms with van der Waals surface area (Å²) >= 11 is 1.77. The molecule has 122 valence electrons. The number of hydrogen-bond donors (Lipinski definition) is 0. The molecule has 0 unspecified atom stereocenters. The van der Waals surface area contributed by atoms with Crippen molar-refractivity contribution in [3.05, 3.63) is 95.1 Å². The number of aryl methyl sites for hydroxylation is 1. The molecule has 0 aliphatic heterocycles. The Labute approximate surface area is 151 Å². The van der Waals surface area contributed by atoms with E-state index in [1.54, 1.807) is 11.3 Å². The first kappa shape index (κ1) is 15.7. The quantitative estimate of drug-likeness (QED) is 0.470. The molecule has 0 saturated heterocycles. The van der Waals surface area contributed by atoms with Gasteiger partial charge in [-0.3, -0.25) is 4.98 Å². The topological polar surface area (TPSA) is 25.8 Å². The number of hydrogen-bond acceptors (Lipinski definition) is 3. The summed E-state index contributed by atoms with van der Waals surface area (Å²) in [6, 6.07) is 24.9. The molecule has 0 fully saturated rings. The van der Waals surface area contributed by atoms with Gasteiger partial charge in [0.15, 0.2) is 0 Å². The lowest BCUT2D eigenvalue weighted by Gasteiger charge is -2.05. The lowest BCUT2D eigenvalue weighted by molar-refractivity contribution is 1.13. The monoisotopic (exact) mass is 342 g/mol. The van der Waals surface area contributed by atoms with Crippen molar-refractivity contribution in [3.63, 3.8) is 0 Å². The zero-order chi connectivity index (χ0) is 17.1. The molecular formula is C22H18N2S. The Morgan fingerprint density at radius 1 is 0.840 bits per heavy atom. The summed E-state index contributed by atoms with van der Waals surface area (Å²) < 4.78 is 0. The molecule has 0 bridgehead atoms. The Hall–Kier alpha value is -2.78. The summed E-state index contributed by atoms with van der Waals surface area (Å²) in [4.78, 5) is 10.7. The van der Waals surface area contributed by atoms with E-state index in [1.165, 1.54) is 21.6 Å². The summed E-state index contributed by atoms with van der Waals surface area (Å²) in [7, 11) is 0. The molecule has 0 aliphatic carbocycles. The Bertz CT molecular complexity index is 975. The zero-order valence-electron chi connectivity index (χ0n) is 14.0. The van der Waals surface area contributed by atoms with Crippen LogP contribution >= 0.6 is 11.3 Å². The highest BCUT2D eigenvalue weighted by atomic mass is 32.1. The lowest BCUT2D eigenvalue weighted by Crippen LogP contribution is -1.89. The third-order valence-electron chi connectivity index (χ3n) is 4.17. The van der Waals surface area contributed by atoms with Crippen LogP contribution < -0.4 is 0 Å². The van der Waals surface area contributed by atoms with Gasteiger partial charge in [0.2, 0.25) is 0 Å². The minimum Gasteiger partial charge on any atom is -0.255 e. The summed E-state index contributed by atoms with van der Waals surface area (Å²) in [5.41, 5.74) is 5.68. The highest BCUT2D eigenvalue weighted by Crippen LogP contribution is 2.38. The first-order chi connectivity index (χ1) is 12.3. The van der Waals surface area contributed by atoms with E-state index in [4.69, 9.17) is 4.98 Å². The van der Waals surface area contributed by atoms with Gasteiger partial charge in [-0.1, -0.05) is 60.7 Å². The summed E-state index contributed by atoms with van der Waals surface area (Å²) in [6.45, 7) is 2.15. The van der Waals surface area contributed by atoms with E-state index in [0.717, 1.165) is 22.8 Å². The predicted octanol–water partition coefficient (Wildman–Crippen LogP) is 5.77. The van der Waals surface area contributed by atoms with Crippen LogP contribution in [-0.4, -0.2) is 9.97 Å². The highest BCUT2D eigenvalue weighted by Gasteiger charge is 2.17. The molecule has 2 nitrogen and oxygen atoms in total. The summed E-state index contributed by atoms with van der Waals surface area (Å²) in [5.74, 6) is 0. The second kappa shape index (κ2) is 6.99. The van der Waals surface area contributed by atoms with Crippen LogP contribution in [0.3, 0.4) is 0 Å². The van der Waals surface area contributed by atoms with E-state index in [1.807, 2.05) is 30.5 Å². The molecule has 3 heteroatoms. The number of thiazole rings is 1. The van der Waals surface area contributed by atoms with Crippen molar-refractivity contribution < 1.29 is 0 Å². The molecule has 2 aromatic heterocycles. The van der Waals surface area contributed by atoms with Crippen molar-refractivity contribution in [1.82, 2.24) is 9.97 Å². The average Bonchev–Trinajstić information content (AvgIpc) is 3.07. The van der Waals surface area contributed by atoms with E-state index in [0.29, 0.717) is 0 Å². The molecular weight excluding hydrogens is 324 g/mol. The third kappa shape index (κ3) is 3.37. The smallest absolute Gasteiger partial charge is 0.108 e. The van der Waals surface area contributed by atoms with Crippen LogP contribution in [0.2, 0.25) is 0 Å². The van der Waals surface area contributed by atoms with Gasteiger partial charge >= 0.3 is 0 Å². The number of pyridine rings is 1. The second-order valence-corrected chi connectivity index (χ2v) is 7.06. The fourth-order valence-electron chi connectivity index (χ4n) is 2.90. The van der Waals surface area contributed by atoms with E-state index in [-0.39, 0.29) is 0 Å². The molecule has 4 rings (SSSR count). The molecule has 2 heterocycles. The SMILES string of the molecule is Cc1ccccc1-c1sc(Cc2ccccc2)nc1-c1ccccn1. The number of benzene rings is 2. The van der Waals surface area contributed by atoms with Crippen molar-refractivity contribution in [1.29, 1.82) is 0 Å². The van der Waals surface area contributed by atoms with Crippen LogP contribution in [0.25, 0.3) is 21.8 Å². The van der Waals surface area contributed by atoms with E-state index < -0.39 is 0 Å². The summed E-state index contributed by atoms with van der Waals surface area (Å²) in [5, 5.41) is 1.12. The zero-order valence-corrected chi connectivity index (χ0v) is 14.8. The van der Waals surface area contributed by atoms with E-state index in [2.05, 4.69) is 60.4 Å². The molecule has 0 saturated carbocycles. The second-order valence-electron chi connectivity index (χ2n) is 5.98. The van der Waals surface area contributed by atoms with Gasteiger partial charge in [-0.25, -0.2) is 4.98 Å². The Morgan fingerprint density at radius 3 is 2.36 bits per heavy atom. The van der Waals surface area contributed by atoms with Gasteiger partial charge in [-0.15, -0.1) is 11.3 Å². The van der Waals surface area contributed by atoms with Gasteiger partial charge in [0, 0.05) is 12.6 Å². The molecule has 0 radical (unpaired) electrons. The number of nitrogens with zero attached hydrogens (tertiary/aromatic N) is 2. The minimum atomic E-state index is 0.844. The van der Waals surface area contributed by atoms with Gasteiger partial charge in [-0.2, -0.15) is 0 Å².